The molecule has 0 saturated heterocycles. The summed E-state index contributed by atoms with van der Waals surface area (Å²) in [6, 6.07) is 10.6. The number of anilines is 2. The molecule has 1 atom stereocenters. The van der Waals surface area contributed by atoms with E-state index in [1.165, 1.54) is 12.1 Å². The lowest BCUT2D eigenvalue weighted by Crippen LogP contribution is -2.26. The molecule has 1 aliphatic rings. The summed E-state index contributed by atoms with van der Waals surface area (Å²) >= 11 is 3.14. The van der Waals surface area contributed by atoms with E-state index in [4.69, 9.17) is 0 Å². The molecular formula is C26H24BrFN4O3. The van der Waals surface area contributed by atoms with Crippen molar-refractivity contribution < 1.29 is 18.8 Å². The van der Waals surface area contributed by atoms with Gasteiger partial charge in [-0.25, -0.2) is 4.39 Å². The predicted molar refractivity (Wildman–Crippen MR) is 138 cm³/mol. The fourth-order valence-corrected chi connectivity index (χ4v) is 4.15. The number of fused-ring (bicyclic) bond motifs is 1. The van der Waals surface area contributed by atoms with Gasteiger partial charge in [0, 0.05) is 28.2 Å². The highest BCUT2D eigenvalue weighted by Crippen LogP contribution is 2.35. The predicted octanol–water partition coefficient (Wildman–Crippen LogP) is 5.09. The summed E-state index contributed by atoms with van der Waals surface area (Å²) in [5, 5.41) is 8.75. The Hall–Kier alpha value is -3.72. The van der Waals surface area contributed by atoms with Crippen LogP contribution in [0.2, 0.25) is 0 Å². The van der Waals surface area contributed by atoms with Crippen molar-refractivity contribution in [3.05, 3.63) is 81.9 Å². The van der Waals surface area contributed by atoms with E-state index in [2.05, 4.69) is 36.9 Å². The molecule has 0 saturated carbocycles. The van der Waals surface area contributed by atoms with Gasteiger partial charge < -0.3 is 20.9 Å². The molecule has 2 heterocycles. The molecule has 0 spiro atoms. The van der Waals surface area contributed by atoms with Gasteiger partial charge >= 0.3 is 0 Å². The van der Waals surface area contributed by atoms with Gasteiger partial charge in [0.1, 0.15) is 5.82 Å². The number of H-pyrrole nitrogens is 1. The smallest absolute Gasteiger partial charge is 0.256 e. The van der Waals surface area contributed by atoms with E-state index in [1.807, 2.05) is 20.8 Å². The molecule has 0 radical (unpaired) electrons. The first-order valence-electron chi connectivity index (χ1n) is 11.0. The van der Waals surface area contributed by atoms with E-state index in [1.54, 1.807) is 36.4 Å². The van der Waals surface area contributed by atoms with Gasteiger partial charge in [0.25, 0.3) is 11.8 Å². The number of amides is 3. The molecule has 9 heteroatoms. The number of carbonyl (C=O) groups is 3. The van der Waals surface area contributed by atoms with Crippen molar-refractivity contribution in [3.63, 3.8) is 0 Å². The number of hydrogen-bond donors (Lipinski definition) is 4. The maximum absolute atomic E-state index is 13.2. The summed E-state index contributed by atoms with van der Waals surface area (Å²) in [5.74, 6) is -1.11. The van der Waals surface area contributed by atoms with E-state index in [9.17, 15) is 18.8 Å². The van der Waals surface area contributed by atoms with Crippen molar-refractivity contribution >= 4 is 56.7 Å². The summed E-state index contributed by atoms with van der Waals surface area (Å²) in [4.78, 5) is 40.7. The standard InChI is InChI=1S/C26H24BrFN4O3/c1-13-22(29-15(3)24(13)32-23(33)12-27)11-20-19-10-17(6-9-21(19)31-26(20)35)25(34)30-14(2)16-4-7-18(28)8-5-16/h4-11,14,29H,12H2,1-3H3,(H,30,34)(H,31,35)(H,32,33). The van der Waals surface area contributed by atoms with Crippen molar-refractivity contribution in [2.45, 2.75) is 26.8 Å². The number of nitrogens with one attached hydrogen (secondary N) is 4. The third-order valence-electron chi connectivity index (χ3n) is 5.93. The van der Waals surface area contributed by atoms with Gasteiger partial charge in [0.2, 0.25) is 5.91 Å². The second-order valence-electron chi connectivity index (χ2n) is 8.36. The number of aryl methyl sites for hydroxylation is 1. The van der Waals surface area contributed by atoms with Gasteiger partial charge in [-0.2, -0.15) is 0 Å². The van der Waals surface area contributed by atoms with E-state index in [-0.39, 0.29) is 34.9 Å². The molecule has 3 amide bonds. The Morgan fingerprint density at radius 1 is 1.14 bits per heavy atom. The van der Waals surface area contributed by atoms with Crippen molar-refractivity contribution in [1.82, 2.24) is 10.3 Å². The van der Waals surface area contributed by atoms with Crippen LogP contribution >= 0.6 is 15.9 Å². The summed E-state index contributed by atoms with van der Waals surface area (Å²) < 4.78 is 13.2. The van der Waals surface area contributed by atoms with Gasteiger partial charge in [-0.05, 0) is 68.3 Å². The Morgan fingerprint density at radius 2 is 1.86 bits per heavy atom. The van der Waals surface area contributed by atoms with Crippen LogP contribution < -0.4 is 16.0 Å². The van der Waals surface area contributed by atoms with Crippen LogP contribution in [0.25, 0.3) is 11.6 Å². The number of aromatic nitrogens is 1. The van der Waals surface area contributed by atoms with Crippen LogP contribution in [0.5, 0.6) is 0 Å². The van der Waals surface area contributed by atoms with Crippen LogP contribution in [0.1, 0.15) is 51.4 Å². The first-order valence-corrected chi connectivity index (χ1v) is 12.1. The Labute approximate surface area is 210 Å². The maximum Gasteiger partial charge on any atom is 0.256 e. The van der Waals surface area contributed by atoms with Crippen LogP contribution in [0.4, 0.5) is 15.8 Å². The quantitative estimate of drug-likeness (QED) is 0.259. The number of halogens is 2. The molecule has 180 valence electrons. The molecular weight excluding hydrogens is 515 g/mol. The average molecular weight is 539 g/mol. The zero-order chi connectivity index (χ0) is 25.3. The Balaban J connectivity index is 1.61. The van der Waals surface area contributed by atoms with Gasteiger partial charge in [0.15, 0.2) is 0 Å². The molecule has 0 aliphatic carbocycles. The highest BCUT2D eigenvalue weighted by Gasteiger charge is 2.26. The molecule has 0 bridgehead atoms. The van der Waals surface area contributed by atoms with Crippen molar-refractivity contribution in [1.29, 1.82) is 0 Å². The molecule has 1 unspecified atom stereocenters. The Kier molecular flexibility index (Phi) is 6.88. The summed E-state index contributed by atoms with van der Waals surface area (Å²) in [6.07, 6.45) is 1.72. The fraction of sp³-hybridized carbons (Fsp3) is 0.192. The van der Waals surface area contributed by atoms with Gasteiger partial charge in [-0.3, -0.25) is 14.4 Å². The average Bonchev–Trinajstić information content (AvgIpc) is 3.29. The zero-order valence-electron chi connectivity index (χ0n) is 19.4. The number of benzene rings is 2. The second-order valence-corrected chi connectivity index (χ2v) is 8.93. The van der Waals surface area contributed by atoms with E-state index in [0.717, 1.165) is 16.8 Å². The maximum atomic E-state index is 13.2. The molecule has 3 aromatic rings. The zero-order valence-corrected chi connectivity index (χ0v) is 21.0. The van der Waals surface area contributed by atoms with Crippen LogP contribution in [-0.2, 0) is 9.59 Å². The number of aromatic amines is 1. The molecule has 4 N–H and O–H groups in total. The summed E-state index contributed by atoms with van der Waals surface area (Å²) in [7, 11) is 0. The van der Waals surface area contributed by atoms with Crippen LogP contribution in [0.15, 0.2) is 42.5 Å². The molecule has 4 rings (SSSR count). The molecule has 1 aliphatic heterocycles. The third-order valence-corrected chi connectivity index (χ3v) is 6.44. The largest absolute Gasteiger partial charge is 0.357 e. The lowest BCUT2D eigenvalue weighted by molar-refractivity contribution is -0.114. The molecule has 2 aromatic carbocycles. The number of hydrogen-bond acceptors (Lipinski definition) is 3. The van der Waals surface area contributed by atoms with Gasteiger partial charge in [-0.1, -0.05) is 28.1 Å². The fourth-order valence-electron chi connectivity index (χ4n) is 4.01. The minimum Gasteiger partial charge on any atom is -0.357 e. The molecule has 7 nitrogen and oxygen atoms in total. The van der Waals surface area contributed by atoms with Crippen LogP contribution in [-0.4, -0.2) is 28.0 Å². The topological polar surface area (TPSA) is 103 Å². The minimum absolute atomic E-state index is 0.174. The first kappa shape index (κ1) is 24.4. The first-order chi connectivity index (χ1) is 16.7. The van der Waals surface area contributed by atoms with Crippen LogP contribution in [0, 0.1) is 19.7 Å². The van der Waals surface area contributed by atoms with Gasteiger partial charge in [0.05, 0.1) is 22.6 Å². The van der Waals surface area contributed by atoms with E-state index < -0.39 is 0 Å². The normalized spacial score (nSPS) is 14.4. The summed E-state index contributed by atoms with van der Waals surface area (Å²) in [6.45, 7) is 5.51. The third kappa shape index (κ3) is 5.05. The van der Waals surface area contributed by atoms with E-state index >= 15 is 0 Å². The van der Waals surface area contributed by atoms with Crippen molar-refractivity contribution in [2.24, 2.45) is 0 Å². The second kappa shape index (κ2) is 9.87. The molecule has 1 aromatic heterocycles. The van der Waals surface area contributed by atoms with Crippen molar-refractivity contribution in [2.75, 3.05) is 16.0 Å². The summed E-state index contributed by atoms with van der Waals surface area (Å²) in [5.41, 5.74) is 5.71. The lowest BCUT2D eigenvalue weighted by atomic mass is 10.0. The van der Waals surface area contributed by atoms with E-state index in [0.29, 0.717) is 33.8 Å². The van der Waals surface area contributed by atoms with Crippen molar-refractivity contribution in [3.8, 4) is 0 Å². The Bertz CT molecular complexity index is 1360. The molecule has 35 heavy (non-hydrogen) atoms. The number of carbonyl (C=O) groups excluding carboxylic acids is 3. The number of rotatable bonds is 6. The van der Waals surface area contributed by atoms with Crippen LogP contribution in [0.3, 0.4) is 0 Å². The highest BCUT2D eigenvalue weighted by molar-refractivity contribution is 9.09. The lowest BCUT2D eigenvalue weighted by Gasteiger charge is -2.15. The minimum atomic E-state index is -0.340. The SMILES string of the molecule is Cc1[nH]c(C=C2C(=O)Nc3ccc(C(=O)NC(C)c4ccc(F)cc4)cc32)c(C)c1NC(=O)CBr. The highest BCUT2D eigenvalue weighted by atomic mass is 79.9. The van der Waals surface area contributed by atoms with Gasteiger partial charge in [-0.15, -0.1) is 0 Å². The molecule has 0 fully saturated rings. The monoisotopic (exact) mass is 538 g/mol. The number of alkyl halides is 1. The Morgan fingerprint density at radius 3 is 2.54 bits per heavy atom.